The largest absolute Gasteiger partial charge is 0.385 e. The number of fused-ring (bicyclic) bond motifs is 1. The fraction of sp³-hybridized carbons (Fsp3) is 0.278. The Hall–Kier alpha value is -1.91. The summed E-state index contributed by atoms with van der Waals surface area (Å²) in [6.45, 7) is 2.24. The molecule has 0 bridgehead atoms. The molecule has 0 amide bonds. The van der Waals surface area contributed by atoms with E-state index in [4.69, 9.17) is 11.6 Å². The first kappa shape index (κ1) is 16.0. The van der Waals surface area contributed by atoms with Crippen LogP contribution < -0.4 is 0 Å². The molecule has 1 N–H and O–H groups in total. The lowest BCUT2D eigenvalue weighted by molar-refractivity contribution is 0.153. The van der Waals surface area contributed by atoms with Crippen molar-refractivity contribution in [2.24, 2.45) is 0 Å². The smallest absolute Gasteiger partial charge is 0.139 e. The number of para-hydroxylation sites is 2. The number of rotatable bonds is 5. The van der Waals surface area contributed by atoms with Gasteiger partial charge in [0.05, 0.1) is 17.6 Å². The third-order valence-corrected chi connectivity index (χ3v) is 4.28. The topological polar surface area (TPSA) is 38.1 Å². The molecule has 1 heterocycles. The minimum Gasteiger partial charge on any atom is -0.385 e. The van der Waals surface area contributed by atoms with Crippen LogP contribution in [0.25, 0.3) is 11.0 Å². The number of hydrogen-bond acceptors (Lipinski definition) is 2. The molecule has 0 saturated carbocycles. The van der Waals surface area contributed by atoms with Crippen LogP contribution >= 0.6 is 11.6 Å². The van der Waals surface area contributed by atoms with Crippen molar-refractivity contribution >= 4 is 22.6 Å². The maximum absolute atomic E-state index is 14.1. The summed E-state index contributed by atoms with van der Waals surface area (Å²) in [5.41, 5.74) is 2.05. The Kier molecular flexibility index (Phi) is 4.64. The molecule has 0 fully saturated rings. The Morgan fingerprint density at radius 2 is 2.00 bits per heavy atom. The van der Waals surface area contributed by atoms with E-state index in [1.807, 2.05) is 35.8 Å². The molecule has 2 aromatic carbocycles. The van der Waals surface area contributed by atoms with Gasteiger partial charge >= 0.3 is 0 Å². The number of aromatic nitrogens is 2. The fourth-order valence-corrected chi connectivity index (χ4v) is 2.98. The quantitative estimate of drug-likeness (QED) is 0.734. The Balaban J connectivity index is 2.13. The highest BCUT2D eigenvalue weighted by Crippen LogP contribution is 2.27. The van der Waals surface area contributed by atoms with Crippen LogP contribution in [0.5, 0.6) is 0 Å². The SMILES string of the molecule is CCC[C@@H](O)c1nc2ccccc2n1Cc1c(F)cccc1Cl. The van der Waals surface area contributed by atoms with Gasteiger partial charge in [-0.25, -0.2) is 9.37 Å². The average Bonchev–Trinajstić information content (AvgIpc) is 2.90. The van der Waals surface area contributed by atoms with Crippen LogP contribution in [0.1, 0.15) is 37.3 Å². The van der Waals surface area contributed by atoms with E-state index in [1.165, 1.54) is 6.07 Å². The van der Waals surface area contributed by atoms with Gasteiger partial charge in [-0.1, -0.05) is 43.1 Å². The summed E-state index contributed by atoms with van der Waals surface area (Å²) in [6, 6.07) is 12.2. The van der Waals surface area contributed by atoms with Gasteiger partial charge in [-0.15, -0.1) is 0 Å². The summed E-state index contributed by atoms with van der Waals surface area (Å²) in [5.74, 6) is 0.193. The van der Waals surface area contributed by atoms with Crippen molar-refractivity contribution < 1.29 is 9.50 Å². The van der Waals surface area contributed by atoms with Gasteiger partial charge in [-0.2, -0.15) is 0 Å². The number of halogens is 2. The highest BCUT2D eigenvalue weighted by Gasteiger charge is 2.19. The lowest BCUT2D eigenvalue weighted by Gasteiger charge is -2.14. The van der Waals surface area contributed by atoms with E-state index in [9.17, 15) is 9.50 Å². The van der Waals surface area contributed by atoms with Crippen LogP contribution in [-0.2, 0) is 6.54 Å². The molecule has 0 radical (unpaired) electrons. The van der Waals surface area contributed by atoms with Gasteiger partial charge < -0.3 is 9.67 Å². The standard InChI is InChI=1S/C18H18ClFN2O/c1-2-6-17(23)18-21-15-9-3-4-10-16(15)22(18)11-12-13(19)7-5-8-14(12)20/h3-5,7-10,17,23H,2,6,11H2,1H3/t17-/m1/s1. The normalized spacial score (nSPS) is 12.7. The molecule has 0 aliphatic rings. The molecule has 0 saturated heterocycles. The molecular formula is C18H18ClFN2O. The summed E-state index contributed by atoms with van der Waals surface area (Å²) in [6.07, 6.45) is 0.761. The lowest BCUT2D eigenvalue weighted by atomic mass is 10.1. The van der Waals surface area contributed by atoms with Crippen molar-refractivity contribution in [1.82, 2.24) is 9.55 Å². The zero-order valence-corrected chi connectivity index (χ0v) is 13.6. The van der Waals surface area contributed by atoms with Crippen LogP contribution in [0.3, 0.4) is 0 Å². The molecule has 120 valence electrons. The molecule has 1 atom stereocenters. The highest BCUT2D eigenvalue weighted by atomic mass is 35.5. The summed E-state index contributed by atoms with van der Waals surface area (Å²) in [7, 11) is 0. The van der Waals surface area contributed by atoms with Crippen molar-refractivity contribution in [3.8, 4) is 0 Å². The van der Waals surface area contributed by atoms with Gasteiger partial charge in [-0.3, -0.25) is 0 Å². The molecular weight excluding hydrogens is 315 g/mol. The Morgan fingerprint density at radius 3 is 2.74 bits per heavy atom. The minimum absolute atomic E-state index is 0.238. The zero-order chi connectivity index (χ0) is 16.4. The first-order valence-corrected chi connectivity index (χ1v) is 8.05. The number of aliphatic hydroxyl groups is 1. The van der Waals surface area contributed by atoms with E-state index in [1.54, 1.807) is 12.1 Å². The first-order chi connectivity index (χ1) is 11.1. The van der Waals surface area contributed by atoms with Crippen molar-refractivity contribution in [3.05, 3.63) is 64.7 Å². The molecule has 0 aliphatic heterocycles. The summed E-state index contributed by atoms with van der Waals surface area (Å²) >= 11 is 6.15. The number of hydrogen-bond donors (Lipinski definition) is 1. The summed E-state index contributed by atoms with van der Waals surface area (Å²) < 4.78 is 16.0. The van der Waals surface area contributed by atoms with E-state index in [0.29, 0.717) is 22.8 Å². The first-order valence-electron chi connectivity index (χ1n) is 7.68. The second-order valence-electron chi connectivity index (χ2n) is 5.55. The van der Waals surface area contributed by atoms with Crippen molar-refractivity contribution in [1.29, 1.82) is 0 Å². The maximum Gasteiger partial charge on any atom is 0.139 e. The molecule has 1 aromatic heterocycles. The van der Waals surface area contributed by atoms with E-state index >= 15 is 0 Å². The molecule has 0 unspecified atom stereocenters. The third kappa shape index (κ3) is 3.09. The highest BCUT2D eigenvalue weighted by molar-refractivity contribution is 6.31. The number of benzene rings is 2. The molecule has 0 aliphatic carbocycles. The number of aliphatic hydroxyl groups excluding tert-OH is 1. The molecule has 3 aromatic rings. The monoisotopic (exact) mass is 332 g/mol. The second-order valence-corrected chi connectivity index (χ2v) is 5.96. The van der Waals surface area contributed by atoms with Gasteiger partial charge in [0.1, 0.15) is 17.7 Å². The van der Waals surface area contributed by atoms with E-state index < -0.39 is 6.10 Å². The number of imidazole rings is 1. The Bertz CT molecular complexity index is 811. The summed E-state index contributed by atoms with van der Waals surface area (Å²) in [4.78, 5) is 4.53. The predicted octanol–water partition coefficient (Wildman–Crippen LogP) is 4.71. The van der Waals surface area contributed by atoms with Crippen molar-refractivity contribution in [2.45, 2.75) is 32.4 Å². The lowest BCUT2D eigenvalue weighted by Crippen LogP contribution is -2.11. The zero-order valence-electron chi connectivity index (χ0n) is 12.8. The van der Waals surface area contributed by atoms with Gasteiger partial charge in [0, 0.05) is 10.6 Å². The van der Waals surface area contributed by atoms with Crippen molar-refractivity contribution in [3.63, 3.8) is 0 Å². The fourth-order valence-electron chi connectivity index (χ4n) is 2.76. The van der Waals surface area contributed by atoms with Crippen LogP contribution in [0, 0.1) is 5.82 Å². The van der Waals surface area contributed by atoms with Crippen LogP contribution in [0.15, 0.2) is 42.5 Å². The van der Waals surface area contributed by atoms with Crippen molar-refractivity contribution in [2.75, 3.05) is 0 Å². The van der Waals surface area contributed by atoms with E-state index in [-0.39, 0.29) is 12.4 Å². The Morgan fingerprint density at radius 1 is 1.22 bits per heavy atom. The van der Waals surface area contributed by atoms with E-state index in [2.05, 4.69) is 4.98 Å². The third-order valence-electron chi connectivity index (χ3n) is 3.92. The molecule has 3 rings (SSSR count). The van der Waals surface area contributed by atoms with E-state index in [0.717, 1.165) is 17.5 Å². The molecule has 5 heteroatoms. The number of nitrogens with zero attached hydrogens (tertiary/aromatic N) is 2. The summed E-state index contributed by atoms with van der Waals surface area (Å²) in [5, 5.41) is 10.8. The average molecular weight is 333 g/mol. The Labute approximate surface area is 139 Å². The van der Waals surface area contributed by atoms with Crippen LogP contribution in [0.4, 0.5) is 4.39 Å². The maximum atomic E-state index is 14.1. The van der Waals surface area contributed by atoms with Crippen LogP contribution in [0.2, 0.25) is 5.02 Å². The second kappa shape index (κ2) is 6.69. The van der Waals surface area contributed by atoms with Crippen LogP contribution in [-0.4, -0.2) is 14.7 Å². The van der Waals surface area contributed by atoms with Gasteiger partial charge in [-0.05, 0) is 30.7 Å². The minimum atomic E-state index is -0.682. The van der Waals surface area contributed by atoms with Gasteiger partial charge in [0.2, 0.25) is 0 Å². The molecule has 3 nitrogen and oxygen atoms in total. The predicted molar refractivity (Wildman–Crippen MR) is 90.1 cm³/mol. The molecule has 23 heavy (non-hydrogen) atoms. The molecule has 0 spiro atoms. The van der Waals surface area contributed by atoms with Gasteiger partial charge in [0.15, 0.2) is 0 Å². The van der Waals surface area contributed by atoms with Gasteiger partial charge in [0.25, 0.3) is 0 Å².